The van der Waals surface area contributed by atoms with E-state index in [0.29, 0.717) is 12.5 Å². The molecule has 0 saturated heterocycles. The van der Waals surface area contributed by atoms with E-state index in [4.69, 9.17) is 5.73 Å². The van der Waals surface area contributed by atoms with E-state index in [1.54, 1.807) is 0 Å². The maximum absolute atomic E-state index is 5.74. The van der Waals surface area contributed by atoms with Gasteiger partial charge in [0.15, 0.2) is 0 Å². The van der Waals surface area contributed by atoms with Crippen molar-refractivity contribution in [1.82, 2.24) is 9.88 Å². The van der Waals surface area contributed by atoms with Gasteiger partial charge in [-0.1, -0.05) is 19.9 Å². The Labute approximate surface area is 104 Å². The van der Waals surface area contributed by atoms with Crippen molar-refractivity contribution in [3.63, 3.8) is 0 Å². The van der Waals surface area contributed by atoms with Gasteiger partial charge in [0.25, 0.3) is 0 Å². The fourth-order valence-electron chi connectivity index (χ4n) is 2.27. The normalized spacial score (nSPS) is 15.8. The van der Waals surface area contributed by atoms with Crippen molar-refractivity contribution in [2.75, 3.05) is 6.54 Å². The minimum absolute atomic E-state index is 0.538. The van der Waals surface area contributed by atoms with Gasteiger partial charge in [0.05, 0.1) is 5.69 Å². The van der Waals surface area contributed by atoms with E-state index >= 15 is 0 Å². The summed E-state index contributed by atoms with van der Waals surface area (Å²) >= 11 is 0. The molecule has 0 spiro atoms. The molecule has 0 atom stereocenters. The molecule has 1 fully saturated rings. The lowest BCUT2D eigenvalue weighted by atomic mass is 10.1. The molecule has 1 aromatic heterocycles. The van der Waals surface area contributed by atoms with Crippen LogP contribution in [0, 0.1) is 5.92 Å². The predicted molar refractivity (Wildman–Crippen MR) is 70.4 cm³/mol. The third-order valence-electron chi connectivity index (χ3n) is 3.21. The molecule has 94 valence electrons. The summed E-state index contributed by atoms with van der Waals surface area (Å²) in [7, 11) is 0. The minimum atomic E-state index is 0.538. The second-order valence-electron chi connectivity index (χ2n) is 5.37. The van der Waals surface area contributed by atoms with Gasteiger partial charge in [0, 0.05) is 31.9 Å². The van der Waals surface area contributed by atoms with Gasteiger partial charge in [0.2, 0.25) is 0 Å². The van der Waals surface area contributed by atoms with Crippen LogP contribution < -0.4 is 5.73 Å². The summed E-state index contributed by atoms with van der Waals surface area (Å²) in [5.74, 6) is 0.716. The number of hydrogen-bond donors (Lipinski definition) is 1. The van der Waals surface area contributed by atoms with Gasteiger partial charge in [0.1, 0.15) is 0 Å². The van der Waals surface area contributed by atoms with Crippen LogP contribution in [0.2, 0.25) is 0 Å². The molecule has 0 aliphatic heterocycles. The molecule has 0 aromatic carbocycles. The van der Waals surface area contributed by atoms with E-state index in [-0.39, 0.29) is 0 Å². The lowest BCUT2D eigenvalue weighted by Crippen LogP contribution is -2.30. The van der Waals surface area contributed by atoms with E-state index in [9.17, 15) is 0 Å². The van der Waals surface area contributed by atoms with Gasteiger partial charge in [-0.05, 0) is 30.4 Å². The Kier molecular flexibility index (Phi) is 4.13. The van der Waals surface area contributed by atoms with E-state index in [1.165, 1.54) is 24.9 Å². The molecule has 0 bridgehead atoms. The van der Waals surface area contributed by atoms with Crippen LogP contribution in [0.3, 0.4) is 0 Å². The highest BCUT2D eigenvalue weighted by molar-refractivity contribution is 5.19. The molecule has 1 aliphatic rings. The number of hydrogen-bond acceptors (Lipinski definition) is 3. The Morgan fingerprint density at radius 3 is 2.82 bits per heavy atom. The van der Waals surface area contributed by atoms with Gasteiger partial charge < -0.3 is 5.73 Å². The number of nitrogens with two attached hydrogens (primary N) is 1. The Hall–Kier alpha value is -0.930. The van der Waals surface area contributed by atoms with E-state index in [1.807, 2.05) is 12.3 Å². The van der Waals surface area contributed by atoms with Crippen molar-refractivity contribution in [3.05, 3.63) is 29.6 Å². The van der Waals surface area contributed by atoms with Gasteiger partial charge in [-0.15, -0.1) is 0 Å². The quantitative estimate of drug-likeness (QED) is 0.818. The fourth-order valence-corrected chi connectivity index (χ4v) is 2.27. The molecular weight excluding hydrogens is 210 g/mol. The first-order chi connectivity index (χ1) is 8.20. The first-order valence-corrected chi connectivity index (χ1v) is 6.57. The third-order valence-corrected chi connectivity index (χ3v) is 3.21. The van der Waals surface area contributed by atoms with E-state index in [2.05, 4.69) is 29.8 Å². The smallest absolute Gasteiger partial charge is 0.0584 e. The first-order valence-electron chi connectivity index (χ1n) is 6.57. The zero-order valence-electron chi connectivity index (χ0n) is 10.9. The molecule has 0 unspecified atom stereocenters. The Balaban J connectivity index is 2.05. The lowest BCUT2D eigenvalue weighted by molar-refractivity contribution is 0.225. The highest BCUT2D eigenvalue weighted by Gasteiger charge is 2.29. The number of rotatable bonds is 6. The minimum Gasteiger partial charge on any atom is -0.325 e. The second-order valence-corrected chi connectivity index (χ2v) is 5.37. The zero-order valence-corrected chi connectivity index (χ0v) is 10.9. The van der Waals surface area contributed by atoms with Crippen molar-refractivity contribution in [2.45, 2.75) is 45.8 Å². The molecule has 1 aliphatic carbocycles. The Bertz CT molecular complexity index is 358. The topological polar surface area (TPSA) is 42.2 Å². The first kappa shape index (κ1) is 12.5. The summed E-state index contributed by atoms with van der Waals surface area (Å²) < 4.78 is 0. The standard InChI is InChI=1S/C14H23N3/c1-11(2)9-17(13-5-6-13)10-12-4-3-7-16-14(12)8-15/h3-4,7,11,13H,5-6,8-10,15H2,1-2H3. The van der Waals surface area contributed by atoms with Crippen LogP contribution in [-0.2, 0) is 13.1 Å². The van der Waals surface area contributed by atoms with Crippen LogP contribution in [0.4, 0.5) is 0 Å². The molecule has 2 rings (SSSR count). The fraction of sp³-hybridized carbons (Fsp3) is 0.643. The van der Waals surface area contributed by atoms with E-state index < -0.39 is 0 Å². The van der Waals surface area contributed by atoms with E-state index in [0.717, 1.165) is 18.3 Å². The van der Waals surface area contributed by atoms with Crippen LogP contribution in [0.1, 0.15) is 37.9 Å². The van der Waals surface area contributed by atoms with Crippen molar-refractivity contribution in [1.29, 1.82) is 0 Å². The van der Waals surface area contributed by atoms with Gasteiger partial charge >= 0.3 is 0 Å². The summed E-state index contributed by atoms with van der Waals surface area (Å²) in [6.07, 6.45) is 4.53. The highest BCUT2D eigenvalue weighted by atomic mass is 15.2. The summed E-state index contributed by atoms with van der Waals surface area (Å²) in [6.45, 7) is 7.27. The Morgan fingerprint density at radius 2 is 2.24 bits per heavy atom. The molecule has 1 aromatic rings. The summed E-state index contributed by atoms with van der Waals surface area (Å²) in [5, 5.41) is 0. The highest BCUT2D eigenvalue weighted by Crippen LogP contribution is 2.29. The monoisotopic (exact) mass is 233 g/mol. The van der Waals surface area contributed by atoms with Crippen LogP contribution in [0.25, 0.3) is 0 Å². The molecule has 17 heavy (non-hydrogen) atoms. The average Bonchev–Trinajstić information content (AvgIpc) is 3.12. The van der Waals surface area contributed by atoms with Gasteiger partial charge in [-0.2, -0.15) is 0 Å². The van der Waals surface area contributed by atoms with Crippen molar-refractivity contribution in [3.8, 4) is 0 Å². The Morgan fingerprint density at radius 1 is 1.47 bits per heavy atom. The number of pyridine rings is 1. The van der Waals surface area contributed by atoms with Gasteiger partial charge in [-0.3, -0.25) is 9.88 Å². The number of aromatic nitrogens is 1. The molecule has 0 amide bonds. The van der Waals surface area contributed by atoms with Crippen LogP contribution in [0.15, 0.2) is 18.3 Å². The SMILES string of the molecule is CC(C)CN(Cc1cccnc1CN)C1CC1. The second kappa shape index (κ2) is 5.61. The summed E-state index contributed by atoms with van der Waals surface area (Å²) in [6, 6.07) is 4.96. The lowest BCUT2D eigenvalue weighted by Gasteiger charge is -2.24. The molecular formula is C14H23N3. The molecule has 3 nitrogen and oxygen atoms in total. The molecule has 0 radical (unpaired) electrons. The maximum atomic E-state index is 5.74. The summed E-state index contributed by atoms with van der Waals surface area (Å²) in [4.78, 5) is 6.94. The van der Waals surface area contributed by atoms with Crippen LogP contribution in [0.5, 0.6) is 0 Å². The largest absolute Gasteiger partial charge is 0.325 e. The maximum Gasteiger partial charge on any atom is 0.0584 e. The number of nitrogens with zero attached hydrogens (tertiary/aromatic N) is 2. The van der Waals surface area contributed by atoms with Crippen molar-refractivity contribution < 1.29 is 0 Å². The molecule has 2 N–H and O–H groups in total. The van der Waals surface area contributed by atoms with Crippen LogP contribution in [-0.4, -0.2) is 22.5 Å². The summed E-state index contributed by atoms with van der Waals surface area (Å²) in [5.41, 5.74) is 8.08. The molecule has 1 heterocycles. The zero-order chi connectivity index (χ0) is 12.3. The average molecular weight is 233 g/mol. The predicted octanol–water partition coefficient (Wildman–Crippen LogP) is 2.16. The third kappa shape index (κ3) is 3.51. The molecule has 1 saturated carbocycles. The van der Waals surface area contributed by atoms with Crippen molar-refractivity contribution >= 4 is 0 Å². The molecule has 3 heteroatoms. The van der Waals surface area contributed by atoms with Crippen LogP contribution >= 0.6 is 0 Å². The van der Waals surface area contributed by atoms with Crippen molar-refractivity contribution in [2.24, 2.45) is 11.7 Å². The van der Waals surface area contributed by atoms with Gasteiger partial charge in [-0.25, -0.2) is 0 Å².